The van der Waals surface area contributed by atoms with Crippen molar-refractivity contribution in [1.29, 1.82) is 0 Å². The first-order valence-corrected chi connectivity index (χ1v) is 10.3. The van der Waals surface area contributed by atoms with Gasteiger partial charge in [0, 0.05) is 25.0 Å². The number of sulfonamides is 1. The van der Waals surface area contributed by atoms with Crippen LogP contribution < -0.4 is 4.72 Å². The fourth-order valence-corrected chi connectivity index (χ4v) is 5.66. The molecule has 1 saturated heterocycles. The molecule has 1 aliphatic heterocycles. The van der Waals surface area contributed by atoms with Crippen LogP contribution in [-0.4, -0.2) is 37.9 Å². The molecule has 122 valence electrons. The maximum Gasteiger partial charge on any atom is 0.250 e. The van der Waals surface area contributed by atoms with Crippen molar-refractivity contribution < 1.29 is 13.2 Å². The van der Waals surface area contributed by atoms with E-state index in [1.54, 1.807) is 17.5 Å². The number of amides is 1. The lowest BCUT2D eigenvalue weighted by Gasteiger charge is -2.27. The van der Waals surface area contributed by atoms with Crippen molar-refractivity contribution in [3.8, 4) is 0 Å². The van der Waals surface area contributed by atoms with Crippen molar-refractivity contribution >= 4 is 27.3 Å². The summed E-state index contributed by atoms with van der Waals surface area (Å²) in [4.78, 5) is 14.2. The number of nitrogens with zero attached hydrogens (tertiary/aromatic N) is 1. The third-order valence-electron chi connectivity index (χ3n) is 4.51. The Balaban J connectivity index is 1.64. The molecule has 1 aliphatic carbocycles. The molecule has 0 spiro atoms. The van der Waals surface area contributed by atoms with E-state index in [2.05, 4.69) is 4.72 Å². The number of thiophene rings is 1. The topological polar surface area (TPSA) is 66.5 Å². The SMILES string of the molecule is O=C1C[C@H](NS(=O)(=O)c2cccs2)CN1C1CCCCCC1. The van der Waals surface area contributed by atoms with E-state index < -0.39 is 10.0 Å². The molecule has 0 bridgehead atoms. The van der Waals surface area contributed by atoms with Gasteiger partial charge in [0.2, 0.25) is 15.9 Å². The average Bonchev–Trinajstić information content (AvgIpc) is 3.03. The van der Waals surface area contributed by atoms with Crippen molar-refractivity contribution in [3.05, 3.63) is 17.5 Å². The lowest BCUT2D eigenvalue weighted by Crippen LogP contribution is -2.40. The molecule has 1 aromatic rings. The highest BCUT2D eigenvalue weighted by Crippen LogP contribution is 2.26. The fourth-order valence-electron chi connectivity index (χ4n) is 3.43. The van der Waals surface area contributed by atoms with Gasteiger partial charge in [-0.2, -0.15) is 0 Å². The van der Waals surface area contributed by atoms with E-state index in [1.165, 1.54) is 37.0 Å². The second-order valence-electron chi connectivity index (χ2n) is 6.15. The van der Waals surface area contributed by atoms with E-state index in [4.69, 9.17) is 0 Å². The summed E-state index contributed by atoms with van der Waals surface area (Å²) in [6.45, 7) is 0.508. The summed E-state index contributed by atoms with van der Waals surface area (Å²) >= 11 is 1.20. The van der Waals surface area contributed by atoms with Crippen LogP contribution in [0.1, 0.15) is 44.9 Å². The van der Waals surface area contributed by atoms with Crippen LogP contribution in [0.5, 0.6) is 0 Å². The molecule has 1 saturated carbocycles. The van der Waals surface area contributed by atoms with Gasteiger partial charge in [-0.15, -0.1) is 11.3 Å². The van der Waals surface area contributed by atoms with Gasteiger partial charge in [0.1, 0.15) is 4.21 Å². The molecular weight excluding hydrogens is 320 g/mol. The third kappa shape index (κ3) is 3.52. The minimum absolute atomic E-state index is 0.0887. The maximum absolute atomic E-state index is 12.3. The van der Waals surface area contributed by atoms with Crippen molar-refractivity contribution in [2.75, 3.05) is 6.54 Å². The standard InChI is InChI=1S/C15H22N2O3S2/c18-14-10-12(16-22(19,20)15-8-5-9-21-15)11-17(14)13-6-3-1-2-4-7-13/h5,8-9,12-13,16H,1-4,6-7,10-11H2/t12-/m0/s1. The first kappa shape index (κ1) is 16.0. The van der Waals surface area contributed by atoms with E-state index >= 15 is 0 Å². The van der Waals surface area contributed by atoms with Crippen LogP contribution in [0.25, 0.3) is 0 Å². The van der Waals surface area contributed by atoms with Crippen LogP contribution in [0.15, 0.2) is 21.7 Å². The summed E-state index contributed by atoms with van der Waals surface area (Å²) in [5.74, 6) is 0.0887. The van der Waals surface area contributed by atoms with Crippen LogP contribution in [0, 0.1) is 0 Å². The van der Waals surface area contributed by atoms with Gasteiger partial charge in [0.25, 0.3) is 0 Å². The quantitative estimate of drug-likeness (QED) is 0.854. The van der Waals surface area contributed by atoms with E-state index in [0.717, 1.165) is 12.8 Å². The van der Waals surface area contributed by atoms with Gasteiger partial charge in [-0.25, -0.2) is 13.1 Å². The highest BCUT2D eigenvalue weighted by molar-refractivity contribution is 7.91. The van der Waals surface area contributed by atoms with Crippen LogP contribution in [-0.2, 0) is 14.8 Å². The highest BCUT2D eigenvalue weighted by atomic mass is 32.2. The van der Waals surface area contributed by atoms with E-state index in [9.17, 15) is 13.2 Å². The molecule has 0 unspecified atom stereocenters. The Morgan fingerprint density at radius 2 is 1.91 bits per heavy atom. The smallest absolute Gasteiger partial charge is 0.250 e. The zero-order valence-electron chi connectivity index (χ0n) is 12.5. The third-order valence-corrected chi connectivity index (χ3v) is 7.42. The van der Waals surface area contributed by atoms with Crippen LogP contribution >= 0.6 is 11.3 Å². The number of rotatable bonds is 4. The fraction of sp³-hybridized carbons (Fsp3) is 0.667. The number of hydrogen-bond acceptors (Lipinski definition) is 4. The van der Waals surface area contributed by atoms with Gasteiger partial charge in [-0.1, -0.05) is 31.7 Å². The van der Waals surface area contributed by atoms with Gasteiger partial charge in [-0.05, 0) is 24.3 Å². The van der Waals surface area contributed by atoms with Crippen LogP contribution in [0.2, 0.25) is 0 Å². The number of likely N-dealkylation sites (tertiary alicyclic amines) is 1. The number of nitrogens with one attached hydrogen (secondary N) is 1. The molecule has 1 N–H and O–H groups in total. The van der Waals surface area contributed by atoms with E-state index in [-0.39, 0.29) is 18.4 Å². The summed E-state index contributed by atoms with van der Waals surface area (Å²) in [5.41, 5.74) is 0. The molecule has 7 heteroatoms. The molecule has 2 aliphatic rings. The lowest BCUT2D eigenvalue weighted by atomic mass is 10.1. The molecule has 22 heavy (non-hydrogen) atoms. The molecule has 3 rings (SSSR count). The highest BCUT2D eigenvalue weighted by Gasteiger charge is 2.36. The second kappa shape index (κ2) is 6.68. The predicted molar refractivity (Wildman–Crippen MR) is 86.2 cm³/mol. The first-order chi connectivity index (χ1) is 10.6. The predicted octanol–water partition coefficient (Wildman–Crippen LogP) is 2.35. The first-order valence-electron chi connectivity index (χ1n) is 7.91. The maximum atomic E-state index is 12.3. The van der Waals surface area contributed by atoms with Gasteiger partial charge in [-0.3, -0.25) is 4.79 Å². The molecule has 5 nitrogen and oxygen atoms in total. The summed E-state index contributed by atoms with van der Waals surface area (Å²) in [5, 5.41) is 1.74. The molecule has 1 amide bonds. The monoisotopic (exact) mass is 342 g/mol. The Kier molecular flexibility index (Phi) is 4.84. The Morgan fingerprint density at radius 1 is 1.18 bits per heavy atom. The minimum atomic E-state index is -3.50. The molecule has 1 aromatic heterocycles. The number of carbonyl (C=O) groups is 1. The van der Waals surface area contributed by atoms with Crippen molar-refractivity contribution in [2.24, 2.45) is 0 Å². The molecular formula is C15H22N2O3S2. The van der Waals surface area contributed by atoms with Crippen LogP contribution in [0.4, 0.5) is 0 Å². The molecule has 0 radical (unpaired) electrons. The Hall–Kier alpha value is -0.920. The van der Waals surface area contributed by atoms with Gasteiger partial charge >= 0.3 is 0 Å². The molecule has 0 aromatic carbocycles. The zero-order chi connectivity index (χ0) is 15.6. The van der Waals surface area contributed by atoms with Gasteiger partial charge in [0.15, 0.2) is 0 Å². The summed E-state index contributed by atoms with van der Waals surface area (Å²) < 4.78 is 27.5. The molecule has 2 heterocycles. The van der Waals surface area contributed by atoms with Gasteiger partial charge < -0.3 is 4.90 Å². The molecule has 2 fully saturated rings. The lowest BCUT2D eigenvalue weighted by molar-refractivity contribution is -0.129. The van der Waals surface area contributed by atoms with E-state index in [0.29, 0.717) is 16.8 Å². The summed E-state index contributed by atoms with van der Waals surface area (Å²) in [6, 6.07) is 3.30. The van der Waals surface area contributed by atoms with Crippen LogP contribution in [0.3, 0.4) is 0 Å². The summed E-state index contributed by atoms with van der Waals surface area (Å²) in [7, 11) is -3.50. The normalized spacial score (nSPS) is 24.6. The average molecular weight is 342 g/mol. The van der Waals surface area contributed by atoms with E-state index in [1.807, 2.05) is 4.90 Å². The minimum Gasteiger partial charge on any atom is -0.338 e. The van der Waals surface area contributed by atoms with Gasteiger partial charge in [0.05, 0.1) is 0 Å². The zero-order valence-corrected chi connectivity index (χ0v) is 14.2. The van der Waals surface area contributed by atoms with Crippen molar-refractivity contribution in [2.45, 2.75) is 61.2 Å². The largest absolute Gasteiger partial charge is 0.338 e. The number of carbonyl (C=O) groups excluding carboxylic acids is 1. The Labute approximate surface area is 135 Å². The summed E-state index contributed by atoms with van der Waals surface area (Å²) in [6.07, 6.45) is 7.20. The Bertz CT molecular complexity index is 605. The van der Waals surface area contributed by atoms with Crippen molar-refractivity contribution in [3.63, 3.8) is 0 Å². The molecule has 1 atom stereocenters. The number of hydrogen-bond donors (Lipinski definition) is 1. The van der Waals surface area contributed by atoms with Crippen molar-refractivity contribution in [1.82, 2.24) is 9.62 Å². The second-order valence-corrected chi connectivity index (χ2v) is 9.03. The Morgan fingerprint density at radius 3 is 2.55 bits per heavy atom.